The maximum Gasteiger partial charge on any atom is 0.320 e. The van der Waals surface area contributed by atoms with Gasteiger partial charge in [-0.1, -0.05) is 0 Å². The van der Waals surface area contributed by atoms with E-state index in [9.17, 15) is 14.4 Å². The molecule has 0 spiro atoms. The van der Waals surface area contributed by atoms with Crippen molar-refractivity contribution in [1.82, 2.24) is 0 Å². The van der Waals surface area contributed by atoms with Gasteiger partial charge in [0, 0.05) is 5.92 Å². The van der Waals surface area contributed by atoms with Crippen molar-refractivity contribution in [3.63, 3.8) is 0 Å². The maximum absolute atomic E-state index is 10.4. The molecule has 0 fully saturated rings. The predicted octanol–water partition coefficient (Wildman–Crippen LogP) is -1.04. The number of aliphatic carboxylic acids is 3. The lowest BCUT2D eigenvalue weighted by molar-refractivity contribution is -0.144. The molecule has 0 aromatic carbocycles. The van der Waals surface area contributed by atoms with Gasteiger partial charge in [-0.25, -0.2) is 0 Å². The Morgan fingerprint density at radius 1 is 1.00 bits per heavy atom. The molecular formula is C7H11NO6. The minimum absolute atomic E-state index is 0.570. The van der Waals surface area contributed by atoms with Crippen LogP contribution < -0.4 is 5.73 Å². The van der Waals surface area contributed by atoms with E-state index in [0.29, 0.717) is 0 Å². The van der Waals surface area contributed by atoms with Gasteiger partial charge in [0.1, 0.15) is 6.04 Å². The van der Waals surface area contributed by atoms with Gasteiger partial charge in [0.05, 0.1) is 12.8 Å². The summed E-state index contributed by atoms with van der Waals surface area (Å²) < 4.78 is 0. The molecule has 0 aromatic heterocycles. The molecule has 0 unspecified atom stereocenters. The van der Waals surface area contributed by atoms with Crippen molar-refractivity contribution in [3.8, 4) is 0 Å². The van der Waals surface area contributed by atoms with Crippen LogP contribution in [0, 0.1) is 5.92 Å². The number of rotatable bonds is 6. The first-order valence-electron chi connectivity index (χ1n) is 3.76. The van der Waals surface area contributed by atoms with Gasteiger partial charge in [0.15, 0.2) is 0 Å². The predicted molar refractivity (Wildman–Crippen MR) is 43.6 cm³/mol. The number of hydrogen-bond acceptors (Lipinski definition) is 4. The monoisotopic (exact) mass is 205 g/mol. The van der Waals surface area contributed by atoms with Crippen molar-refractivity contribution in [3.05, 3.63) is 0 Å². The van der Waals surface area contributed by atoms with Crippen LogP contribution in [0.2, 0.25) is 0 Å². The van der Waals surface area contributed by atoms with Crippen LogP contribution in [-0.4, -0.2) is 39.3 Å². The van der Waals surface area contributed by atoms with E-state index < -0.39 is 42.7 Å². The average molecular weight is 205 g/mol. The van der Waals surface area contributed by atoms with Gasteiger partial charge < -0.3 is 21.1 Å². The summed E-state index contributed by atoms with van der Waals surface area (Å²) in [6, 6.07) is -1.47. The third-order valence-corrected chi connectivity index (χ3v) is 1.67. The Morgan fingerprint density at radius 2 is 1.36 bits per heavy atom. The quantitative estimate of drug-likeness (QED) is 0.434. The number of hydrogen-bond donors (Lipinski definition) is 4. The van der Waals surface area contributed by atoms with Gasteiger partial charge in [-0.2, -0.15) is 0 Å². The molecule has 0 radical (unpaired) electrons. The van der Waals surface area contributed by atoms with E-state index in [1.165, 1.54) is 0 Å². The fourth-order valence-electron chi connectivity index (χ4n) is 0.976. The van der Waals surface area contributed by atoms with Crippen LogP contribution in [-0.2, 0) is 14.4 Å². The molecule has 0 saturated carbocycles. The van der Waals surface area contributed by atoms with Crippen LogP contribution >= 0.6 is 0 Å². The maximum atomic E-state index is 10.4. The Kier molecular flexibility index (Phi) is 4.57. The second-order valence-electron chi connectivity index (χ2n) is 2.82. The topological polar surface area (TPSA) is 138 Å². The molecule has 0 amide bonds. The molecule has 0 aliphatic carbocycles. The zero-order valence-electron chi connectivity index (χ0n) is 7.21. The Morgan fingerprint density at radius 3 is 1.57 bits per heavy atom. The molecule has 7 heteroatoms. The van der Waals surface area contributed by atoms with Crippen LogP contribution in [0.1, 0.15) is 12.8 Å². The fourth-order valence-corrected chi connectivity index (χ4v) is 0.976. The summed E-state index contributed by atoms with van der Waals surface area (Å²) in [5.41, 5.74) is 5.13. The largest absolute Gasteiger partial charge is 0.481 e. The molecule has 0 rings (SSSR count). The molecule has 0 aliphatic heterocycles. The van der Waals surface area contributed by atoms with Crippen molar-refractivity contribution in [2.24, 2.45) is 11.7 Å². The summed E-state index contributed by atoms with van der Waals surface area (Å²) in [5.74, 6) is -5.04. The lowest BCUT2D eigenvalue weighted by atomic mass is 9.93. The lowest BCUT2D eigenvalue weighted by Gasteiger charge is -2.16. The SMILES string of the molecule is N[C@@H](C(=O)O)C(CC(=O)O)CC(=O)O. The minimum atomic E-state index is -1.47. The summed E-state index contributed by atoms with van der Waals surface area (Å²) >= 11 is 0. The molecule has 80 valence electrons. The number of carboxylic acids is 3. The van der Waals surface area contributed by atoms with Crippen molar-refractivity contribution >= 4 is 17.9 Å². The zero-order chi connectivity index (χ0) is 11.3. The second kappa shape index (κ2) is 5.18. The molecule has 14 heavy (non-hydrogen) atoms. The molecule has 0 bridgehead atoms. The van der Waals surface area contributed by atoms with Gasteiger partial charge in [-0.05, 0) is 0 Å². The smallest absolute Gasteiger partial charge is 0.320 e. The highest BCUT2D eigenvalue weighted by Gasteiger charge is 2.28. The summed E-state index contributed by atoms with van der Waals surface area (Å²) in [5, 5.41) is 25.2. The first-order valence-corrected chi connectivity index (χ1v) is 3.76. The first kappa shape index (κ1) is 12.4. The highest BCUT2D eigenvalue weighted by Crippen LogP contribution is 2.12. The highest BCUT2D eigenvalue weighted by molar-refractivity contribution is 5.77. The van der Waals surface area contributed by atoms with E-state index >= 15 is 0 Å². The summed E-state index contributed by atoms with van der Waals surface area (Å²) in [4.78, 5) is 30.9. The summed E-state index contributed by atoms with van der Waals surface area (Å²) in [6.45, 7) is 0. The summed E-state index contributed by atoms with van der Waals surface area (Å²) in [6.07, 6.45) is -1.14. The zero-order valence-corrected chi connectivity index (χ0v) is 7.21. The van der Waals surface area contributed by atoms with Gasteiger partial charge >= 0.3 is 17.9 Å². The molecule has 7 nitrogen and oxygen atoms in total. The molecule has 0 heterocycles. The molecule has 1 atom stereocenters. The second-order valence-corrected chi connectivity index (χ2v) is 2.82. The van der Waals surface area contributed by atoms with Crippen LogP contribution in [0.3, 0.4) is 0 Å². The lowest BCUT2D eigenvalue weighted by Crippen LogP contribution is -2.40. The van der Waals surface area contributed by atoms with Gasteiger partial charge in [-0.15, -0.1) is 0 Å². The van der Waals surface area contributed by atoms with Crippen molar-refractivity contribution in [1.29, 1.82) is 0 Å². The third kappa shape index (κ3) is 4.41. The molecule has 0 aromatic rings. The Bertz CT molecular complexity index is 235. The van der Waals surface area contributed by atoms with E-state index in [4.69, 9.17) is 21.1 Å². The van der Waals surface area contributed by atoms with Gasteiger partial charge in [0.25, 0.3) is 0 Å². The Balaban J connectivity index is 4.45. The molecule has 5 N–H and O–H groups in total. The van der Waals surface area contributed by atoms with E-state index in [1.54, 1.807) is 0 Å². The minimum Gasteiger partial charge on any atom is -0.481 e. The van der Waals surface area contributed by atoms with E-state index in [0.717, 1.165) is 0 Å². The van der Waals surface area contributed by atoms with E-state index in [2.05, 4.69) is 0 Å². The van der Waals surface area contributed by atoms with E-state index in [1.807, 2.05) is 0 Å². The van der Waals surface area contributed by atoms with Gasteiger partial charge in [0.2, 0.25) is 0 Å². The van der Waals surface area contributed by atoms with Crippen molar-refractivity contribution in [2.75, 3.05) is 0 Å². The van der Waals surface area contributed by atoms with Crippen LogP contribution in [0.4, 0.5) is 0 Å². The average Bonchev–Trinajstić information content (AvgIpc) is 1.99. The fraction of sp³-hybridized carbons (Fsp3) is 0.571. The Labute approximate surface area is 79.1 Å². The highest BCUT2D eigenvalue weighted by atomic mass is 16.4. The summed E-state index contributed by atoms with van der Waals surface area (Å²) in [7, 11) is 0. The van der Waals surface area contributed by atoms with Crippen molar-refractivity contribution in [2.45, 2.75) is 18.9 Å². The molecule has 0 saturated heterocycles. The van der Waals surface area contributed by atoms with Crippen LogP contribution in [0.5, 0.6) is 0 Å². The standard InChI is InChI=1S/C7H11NO6/c8-6(7(13)14)3(1-4(9)10)2-5(11)12/h3,6H,1-2,8H2,(H,9,10)(H,11,12)(H,13,14)/t6-/m1/s1. The van der Waals surface area contributed by atoms with Gasteiger partial charge in [-0.3, -0.25) is 14.4 Å². The van der Waals surface area contributed by atoms with E-state index in [-0.39, 0.29) is 0 Å². The van der Waals surface area contributed by atoms with Crippen LogP contribution in [0.25, 0.3) is 0 Å². The third-order valence-electron chi connectivity index (χ3n) is 1.67. The molecule has 0 aliphatic rings. The molecular weight excluding hydrogens is 194 g/mol. The first-order chi connectivity index (χ1) is 6.34. The number of carboxylic acid groups (broad SMARTS) is 3. The normalized spacial score (nSPS) is 12.4. The van der Waals surface area contributed by atoms with Crippen LogP contribution in [0.15, 0.2) is 0 Å². The van der Waals surface area contributed by atoms with Crippen molar-refractivity contribution < 1.29 is 29.7 Å². The Hall–Kier alpha value is -1.63. The number of nitrogens with two attached hydrogens (primary N) is 1. The number of carbonyl (C=O) groups is 3.